The summed E-state index contributed by atoms with van der Waals surface area (Å²) in [6.07, 6.45) is 2.74. The number of esters is 1. The molecular weight excluding hydrogens is 530 g/mol. The van der Waals surface area contributed by atoms with Gasteiger partial charge >= 0.3 is 5.97 Å². The van der Waals surface area contributed by atoms with Crippen LogP contribution in [0.4, 0.5) is 5.69 Å². The van der Waals surface area contributed by atoms with Crippen molar-refractivity contribution in [2.24, 2.45) is 4.99 Å². The van der Waals surface area contributed by atoms with E-state index >= 15 is 0 Å². The highest BCUT2D eigenvalue weighted by Gasteiger charge is 2.25. The minimum Gasteiger partial charge on any atom is -0.462 e. The molecule has 200 valence electrons. The lowest BCUT2D eigenvalue weighted by molar-refractivity contribution is -0.385. The van der Waals surface area contributed by atoms with E-state index in [0.717, 1.165) is 18.6 Å². The number of amides is 1. The van der Waals surface area contributed by atoms with Crippen molar-refractivity contribution in [3.05, 3.63) is 90.8 Å². The number of halogens is 1. The lowest BCUT2D eigenvalue weighted by Crippen LogP contribution is -2.35. The summed E-state index contributed by atoms with van der Waals surface area (Å²) >= 11 is 6.03. The molecule has 0 spiro atoms. The Hall–Kier alpha value is -4.42. The number of hydrogen-bond donors (Lipinski definition) is 0. The predicted molar refractivity (Wildman–Crippen MR) is 140 cm³/mol. The van der Waals surface area contributed by atoms with Gasteiger partial charge in [0.25, 0.3) is 17.2 Å². The first-order valence-corrected chi connectivity index (χ1v) is 12.5. The molecule has 4 heterocycles. The number of nitro benzene ring substituents is 1. The third kappa shape index (κ3) is 5.03. The first-order valence-electron chi connectivity index (χ1n) is 12.1. The van der Waals surface area contributed by atoms with Crippen LogP contribution in [-0.2, 0) is 16.0 Å². The van der Waals surface area contributed by atoms with Gasteiger partial charge in [-0.2, -0.15) is 4.99 Å². The van der Waals surface area contributed by atoms with Crippen LogP contribution in [0.15, 0.2) is 58.4 Å². The summed E-state index contributed by atoms with van der Waals surface area (Å²) in [6, 6.07) is 9.86. The first-order chi connectivity index (χ1) is 18.8. The van der Waals surface area contributed by atoms with E-state index in [0.29, 0.717) is 18.7 Å². The Labute approximate surface area is 225 Å². The van der Waals surface area contributed by atoms with Crippen molar-refractivity contribution in [2.45, 2.75) is 32.4 Å². The molecule has 1 aromatic carbocycles. The molecule has 1 amide bonds. The van der Waals surface area contributed by atoms with Crippen molar-refractivity contribution < 1.29 is 24.0 Å². The minimum atomic E-state index is -1.01. The van der Waals surface area contributed by atoms with Crippen LogP contribution < -0.4 is 11.0 Å². The molecule has 1 aliphatic rings. The Balaban J connectivity index is 1.87. The van der Waals surface area contributed by atoms with Gasteiger partial charge in [-0.25, -0.2) is 9.78 Å². The van der Waals surface area contributed by atoms with Crippen molar-refractivity contribution in [2.75, 3.05) is 13.2 Å². The van der Waals surface area contributed by atoms with E-state index in [9.17, 15) is 24.5 Å². The van der Waals surface area contributed by atoms with Crippen molar-refractivity contribution >= 4 is 45.8 Å². The van der Waals surface area contributed by atoms with E-state index in [4.69, 9.17) is 21.1 Å². The second kappa shape index (κ2) is 10.8. The molecule has 1 atom stereocenters. The maximum absolute atomic E-state index is 13.5. The van der Waals surface area contributed by atoms with Crippen LogP contribution in [0.3, 0.4) is 0 Å². The molecule has 1 fully saturated rings. The summed E-state index contributed by atoms with van der Waals surface area (Å²) in [6.45, 7) is 2.27. The Bertz CT molecular complexity index is 1770. The minimum absolute atomic E-state index is 0.0186. The third-order valence-electron chi connectivity index (χ3n) is 6.29. The van der Waals surface area contributed by atoms with E-state index in [1.54, 1.807) is 31.3 Å². The predicted octanol–water partition coefficient (Wildman–Crippen LogP) is 3.31. The molecule has 1 unspecified atom stereocenters. The zero-order valence-corrected chi connectivity index (χ0v) is 21.5. The van der Waals surface area contributed by atoms with E-state index in [1.807, 2.05) is 0 Å². The topological polar surface area (TPSA) is 147 Å². The second-order valence-electron chi connectivity index (χ2n) is 8.77. The molecule has 12 nitrogen and oxygen atoms in total. The van der Waals surface area contributed by atoms with Gasteiger partial charge in [0.05, 0.1) is 29.6 Å². The molecule has 13 heteroatoms. The molecule has 1 saturated heterocycles. The molecule has 0 N–H and O–H groups in total. The Morgan fingerprint density at radius 2 is 2.08 bits per heavy atom. The summed E-state index contributed by atoms with van der Waals surface area (Å²) in [5, 5.41) is 11.8. The molecule has 3 aromatic heterocycles. The molecule has 1 aliphatic heterocycles. The van der Waals surface area contributed by atoms with Gasteiger partial charge in [0.15, 0.2) is 5.49 Å². The zero-order chi connectivity index (χ0) is 27.7. The van der Waals surface area contributed by atoms with Gasteiger partial charge in [0.1, 0.15) is 22.4 Å². The number of pyridine rings is 2. The number of nitrogens with zero attached hydrogens (tertiary/aromatic N) is 5. The number of nitro groups is 1. The number of benzene rings is 1. The Morgan fingerprint density at radius 3 is 2.79 bits per heavy atom. The smallest absolute Gasteiger partial charge is 0.341 e. The van der Waals surface area contributed by atoms with Crippen LogP contribution in [0.25, 0.3) is 16.7 Å². The number of carbonyl (C=O) groups is 2. The zero-order valence-electron chi connectivity index (χ0n) is 20.7. The average Bonchev–Trinajstić information content (AvgIpc) is 3.43. The summed E-state index contributed by atoms with van der Waals surface area (Å²) in [7, 11) is 0. The van der Waals surface area contributed by atoms with Crippen LogP contribution in [0, 0.1) is 10.1 Å². The molecule has 5 rings (SSSR count). The summed E-state index contributed by atoms with van der Waals surface area (Å²) in [5.41, 5.74) is -1.13. The Kier molecular flexibility index (Phi) is 7.22. The normalized spacial score (nSPS) is 15.6. The quantitative estimate of drug-likeness (QED) is 0.153. The largest absolute Gasteiger partial charge is 0.462 e. The first kappa shape index (κ1) is 26.2. The average molecular weight is 552 g/mol. The van der Waals surface area contributed by atoms with E-state index in [2.05, 4.69) is 9.98 Å². The fourth-order valence-corrected chi connectivity index (χ4v) is 4.69. The van der Waals surface area contributed by atoms with Gasteiger partial charge in [-0.15, -0.1) is 0 Å². The molecule has 0 bridgehead atoms. The van der Waals surface area contributed by atoms with Crippen LogP contribution >= 0.6 is 11.6 Å². The van der Waals surface area contributed by atoms with Gasteiger partial charge < -0.3 is 14.0 Å². The van der Waals surface area contributed by atoms with E-state index in [-0.39, 0.29) is 51.9 Å². The third-order valence-corrected chi connectivity index (χ3v) is 6.52. The highest BCUT2D eigenvalue weighted by Crippen LogP contribution is 2.24. The van der Waals surface area contributed by atoms with Crippen molar-refractivity contribution in [3.8, 4) is 0 Å². The number of hydrogen-bond acceptors (Lipinski definition) is 8. The Morgan fingerprint density at radius 1 is 1.26 bits per heavy atom. The molecular formula is C26H22ClN5O7. The highest BCUT2D eigenvalue weighted by molar-refractivity contribution is 6.31. The highest BCUT2D eigenvalue weighted by atomic mass is 35.5. The van der Waals surface area contributed by atoms with Crippen molar-refractivity contribution in [1.82, 2.24) is 14.0 Å². The van der Waals surface area contributed by atoms with Gasteiger partial charge in [-0.3, -0.25) is 24.1 Å². The van der Waals surface area contributed by atoms with Gasteiger partial charge in [-0.1, -0.05) is 17.7 Å². The number of ether oxygens (including phenoxy) is 2. The molecule has 0 aliphatic carbocycles. The molecule has 0 saturated carbocycles. The number of fused-ring (bicyclic) bond motifs is 2. The SMILES string of the molecule is CCOC(=O)c1cc2c(=O)n3ccccc3nc2n(CC2CCCO2)c1=NC(=O)c1cc(Cl)ccc1[N+](=O)[O-]. The fraction of sp³-hybridized carbons (Fsp3) is 0.269. The van der Waals surface area contributed by atoms with Crippen LogP contribution in [0.5, 0.6) is 0 Å². The summed E-state index contributed by atoms with van der Waals surface area (Å²) in [4.78, 5) is 59.7. The van der Waals surface area contributed by atoms with E-state index < -0.39 is 28.0 Å². The fourth-order valence-electron chi connectivity index (χ4n) is 4.52. The van der Waals surface area contributed by atoms with Gasteiger partial charge in [0, 0.05) is 23.9 Å². The lowest BCUT2D eigenvalue weighted by atomic mass is 10.1. The van der Waals surface area contributed by atoms with Crippen LogP contribution in [0.2, 0.25) is 5.02 Å². The second-order valence-corrected chi connectivity index (χ2v) is 9.20. The van der Waals surface area contributed by atoms with Crippen LogP contribution in [-0.4, -0.2) is 50.1 Å². The maximum atomic E-state index is 13.5. The number of carbonyl (C=O) groups excluding carboxylic acids is 2. The molecule has 0 radical (unpaired) electrons. The van der Waals surface area contributed by atoms with Crippen LogP contribution in [0.1, 0.15) is 40.5 Å². The summed E-state index contributed by atoms with van der Waals surface area (Å²) in [5.74, 6) is -1.84. The molecule has 4 aromatic rings. The molecule has 39 heavy (non-hydrogen) atoms. The van der Waals surface area contributed by atoms with Gasteiger partial charge in [0.2, 0.25) is 0 Å². The number of aromatic nitrogens is 3. The lowest BCUT2D eigenvalue weighted by Gasteiger charge is -2.18. The van der Waals surface area contributed by atoms with E-state index in [1.165, 1.54) is 21.1 Å². The summed E-state index contributed by atoms with van der Waals surface area (Å²) < 4.78 is 13.8. The van der Waals surface area contributed by atoms with Crippen molar-refractivity contribution in [1.29, 1.82) is 0 Å². The number of rotatable bonds is 6. The standard InChI is InChI=1S/C26H22ClN5O7/c1-2-38-26(35)19-13-18-22(28-21-7-3-4-10-30(21)25(18)34)31(14-16-6-5-11-39-16)23(19)29-24(33)17-12-15(27)8-9-20(17)32(36)37/h3-4,7-10,12-13,16H,2,5-6,11,14H2,1H3. The van der Waals surface area contributed by atoms with Gasteiger partial charge in [-0.05, 0) is 50.1 Å². The monoisotopic (exact) mass is 551 g/mol. The van der Waals surface area contributed by atoms with Crippen molar-refractivity contribution in [3.63, 3.8) is 0 Å². The maximum Gasteiger partial charge on any atom is 0.341 e.